The van der Waals surface area contributed by atoms with Crippen molar-refractivity contribution in [3.05, 3.63) is 40.4 Å². The summed E-state index contributed by atoms with van der Waals surface area (Å²) in [5.74, 6) is 0.883. The van der Waals surface area contributed by atoms with E-state index in [9.17, 15) is 4.79 Å². The molecule has 2 aromatic rings. The minimum atomic E-state index is -0.237. The number of aryl methyl sites for hydroxylation is 1. The minimum Gasteiger partial charge on any atom is -0.291 e. The van der Waals surface area contributed by atoms with Crippen molar-refractivity contribution in [3.63, 3.8) is 0 Å². The van der Waals surface area contributed by atoms with Crippen LogP contribution in [0.2, 0.25) is 0 Å². The van der Waals surface area contributed by atoms with Gasteiger partial charge in [0.25, 0.3) is 5.56 Å². The van der Waals surface area contributed by atoms with Gasteiger partial charge < -0.3 is 0 Å². The highest BCUT2D eigenvalue weighted by Crippen LogP contribution is 2.17. The van der Waals surface area contributed by atoms with Crippen molar-refractivity contribution in [1.29, 1.82) is 0 Å². The van der Waals surface area contributed by atoms with Crippen LogP contribution in [-0.2, 0) is 12.0 Å². The minimum absolute atomic E-state index is 0.0663. The average molecular weight is 244 g/mol. The van der Waals surface area contributed by atoms with Gasteiger partial charge in [-0.2, -0.15) is 0 Å². The van der Waals surface area contributed by atoms with Gasteiger partial charge in [0.1, 0.15) is 5.82 Å². The lowest BCUT2D eigenvalue weighted by atomic mass is 10.1. The molecule has 0 aliphatic heterocycles. The van der Waals surface area contributed by atoms with Crippen molar-refractivity contribution < 1.29 is 0 Å². The molecule has 0 atom stereocenters. The van der Waals surface area contributed by atoms with E-state index in [1.54, 1.807) is 0 Å². The fourth-order valence-electron chi connectivity index (χ4n) is 2.26. The van der Waals surface area contributed by atoms with Crippen molar-refractivity contribution in [1.82, 2.24) is 9.55 Å². The molecule has 0 radical (unpaired) electrons. The second kappa shape index (κ2) is 4.56. The molecule has 0 aliphatic rings. The van der Waals surface area contributed by atoms with Crippen LogP contribution in [0.1, 0.15) is 39.9 Å². The fraction of sp³-hybridized carbons (Fsp3) is 0.467. The fourth-order valence-corrected chi connectivity index (χ4v) is 2.26. The molecule has 1 aromatic carbocycles. The van der Waals surface area contributed by atoms with E-state index in [2.05, 4.69) is 11.9 Å². The Kier molecular flexibility index (Phi) is 3.24. The van der Waals surface area contributed by atoms with Gasteiger partial charge >= 0.3 is 0 Å². The summed E-state index contributed by atoms with van der Waals surface area (Å²) in [7, 11) is 0. The molecule has 0 N–H and O–H groups in total. The Labute approximate surface area is 107 Å². The van der Waals surface area contributed by atoms with Gasteiger partial charge in [-0.05, 0) is 39.3 Å². The van der Waals surface area contributed by atoms with Gasteiger partial charge in [-0.25, -0.2) is 4.98 Å². The van der Waals surface area contributed by atoms with Crippen LogP contribution in [0.15, 0.2) is 29.1 Å². The van der Waals surface area contributed by atoms with Crippen LogP contribution in [0.4, 0.5) is 0 Å². The second-order valence-electron chi connectivity index (χ2n) is 5.61. The maximum Gasteiger partial charge on any atom is 0.261 e. The highest BCUT2D eigenvalue weighted by atomic mass is 16.1. The summed E-state index contributed by atoms with van der Waals surface area (Å²) in [6, 6.07) is 7.56. The molecule has 0 spiro atoms. The number of hydrogen-bond donors (Lipinski definition) is 0. The molecule has 0 unspecified atom stereocenters. The van der Waals surface area contributed by atoms with Crippen molar-refractivity contribution in [3.8, 4) is 0 Å². The Bertz CT molecular complexity index is 620. The van der Waals surface area contributed by atoms with Crippen molar-refractivity contribution in [2.24, 2.45) is 0 Å². The van der Waals surface area contributed by atoms with Crippen LogP contribution in [0.25, 0.3) is 10.9 Å². The summed E-state index contributed by atoms with van der Waals surface area (Å²) in [5.41, 5.74) is 0.626. The molecule has 0 fully saturated rings. The molecule has 0 aliphatic carbocycles. The summed E-state index contributed by atoms with van der Waals surface area (Å²) in [5, 5.41) is 0.701. The van der Waals surface area contributed by atoms with Crippen LogP contribution in [-0.4, -0.2) is 9.55 Å². The highest BCUT2D eigenvalue weighted by molar-refractivity contribution is 5.77. The van der Waals surface area contributed by atoms with Crippen LogP contribution in [0.5, 0.6) is 0 Å². The smallest absolute Gasteiger partial charge is 0.261 e. The predicted molar refractivity (Wildman–Crippen MR) is 75.0 cm³/mol. The zero-order chi connectivity index (χ0) is 13.3. The lowest BCUT2D eigenvalue weighted by Gasteiger charge is -2.25. The van der Waals surface area contributed by atoms with Crippen LogP contribution in [0.3, 0.4) is 0 Å². The number of nitrogens with zero attached hydrogens (tertiary/aromatic N) is 2. The zero-order valence-corrected chi connectivity index (χ0v) is 11.5. The Morgan fingerprint density at radius 2 is 1.89 bits per heavy atom. The van der Waals surface area contributed by atoms with E-state index in [1.807, 2.05) is 49.6 Å². The molecule has 0 bridgehead atoms. The number of para-hydroxylation sites is 1. The number of rotatable bonds is 2. The largest absolute Gasteiger partial charge is 0.291 e. The van der Waals surface area contributed by atoms with Gasteiger partial charge in [0, 0.05) is 12.0 Å². The van der Waals surface area contributed by atoms with Gasteiger partial charge in [-0.3, -0.25) is 9.36 Å². The monoisotopic (exact) mass is 244 g/mol. The Balaban J connectivity index is 2.84. The van der Waals surface area contributed by atoms with E-state index < -0.39 is 0 Å². The van der Waals surface area contributed by atoms with Crippen molar-refractivity contribution >= 4 is 10.9 Å². The molecule has 3 nitrogen and oxygen atoms in total. The number of aromatic nitrogens is 2. The Morgan fingerprint density at radius 3 is 2.50 bits per heavy atom. The maximum absolute atomic E-state index is 12.6. The molecule has 1 heterocycles. The first-order valence-electron chi connectivity index (χ1n) is 6.46. The topological polar surface area (TPSA) is 34.9 Å². The summed E-state index contributed by atoms with van der Waals surface area (Å²) in [6.07, 6.45) is 1.82. The second-order valence-corrected chi connectivity index (χ2v) is 5.61. The molecule has 96 valence electrons. The standard InChI is InChI=1S/C15H20N2O/c1-5-8-13-16-12-10-7-6-9-11(12)14(18)17(13)15(2,3)4/h6-7,9-10H,5,8H2,1-4H3. The first-order valence-corrected chi connectivity index (χ1v) is 6.46. The summed E-state index contributed by atoms with van der Waals surface area (Å²) >= 11 is 0. The van der Waals surface area contributed by atoms with E-state index in [1.165, 1.54) is 0 Å². The predicted octanol–water partition coefficient (Wildman–Crippen LogP) is 3.10. The quantitative estimate of drug-likeness (QED) is 0.813. The molecule has 2 rings (SSSR count). The van der Waals surface area contributed by atoms with Gasteiger partial charge in [0.15, 0.2) is 0 Å². The summed E-state index contributed by atoms with van der Waals surface area (Å²) < 4.78 is 1.83. The molecule has 18 heavy (non-hydrogen) atoms. The third kappa shape index (κ3) is 2.17. The van der Waals surface area contributed by atoms with E-state index in [4.69, 9.17) is 0 Å². The number of hydrogen-bond acceptors (Lipinski definition) is 2. The molecular formula is C15H20N2O. The van der Waals surface area contributed by atoms with Gasteiger partial charge in [-0.1, -0.05) is 19.1 Å². The van der Waals surface area contributed by atoms with Crippen molar-refractivity contribution in [2.75, 3.05) is 0 Å². The summed E-state index contributed by atoms with van der Waals surface area (Å²) in [6.45, 7) is 8.24. The van der Waals surface area contributed by atoms with Crippen LogP contribution in [0, 0.1) is 0 Å². The molecule has 0 saturated carbocycles. The highest BCUT2D eigenvalue weighted by Gasteiger charge is 2.20. The maximum atomic E-state index is 12.6. The van der Waals surface area contributed by atoms with Crippen LogP contribution < -0.4 is 5.56 Å². The van der Waals surface area contributed by atoms with E-state index >= 15 is 0 Å². The number of benzene rings is 1. The van der Waals surface area contributed by atoms with E-state index in [0.717, 1.165) is 24.2 Å². The van der Waals surface area contributed by atoms with E-state index in [-0.39, 0.29) is 11.1 Å². The first-order chi connectivity index (χ1) is 8.45. The van der Waals surface area contributed by atoms with Crippen molar-refractivity contribution in [2.45, 2.75) is 46.1 Å². The van der Waals surface area contributed by atoms with Gasteiger partial charge in [-0.15, -0.1) is 0 Å². The molecule has 3 heteroatoms. The molecule has 1 aromatic heterocycles. The van der Waals surface area contributed by atoms with Gasteiger partial charge in [0.2, 0.25) is 0 Å². The zero-order valence-electron chi connectivity index (χ0n) is 11.5. The average Bonchev–Trinajstić information content (AvgIpc) is 2.28. The molecule has 0 amide bonds. The van der Waals surface area contributed by atoms with Crippen LogP contribution >= 0.6 is 0 Å². The number of fused-ring (bicyclic) bond motifs is 1. The van der Waals surface area contributed by atoms with Gasteiger partial charge in [0.05, 0.1) is 10.9 Å². The van der Waals surface area contributed by atoms with E-state index in [0.29, 0.717) is 5.39 Å². The Hall–Kier alpha value is -1.64. The molecular weight excluding hydrogens is 224 g/mol. The third-order valence-corrected chi connectivity index (χ3v) is 2.99. The lowest BCUT2D eigenvalue weighted by Crippen LogP contribution is -2.37. The molecule has 0 saturated heterocycles. The third-order valence-electron chi connectivity index (χ3n) is 2.99. The Morgan fingerprint density at radius 1 is 1.22 bits per heavy atom. The SMILES string of the molecule is CCCc1nc2ccccc2c(=O)n1C(C)(C)C. The lowest BCUT2D eigenvalue weighted by molar-refractivity contribution is 0.366. The normalized spacial score (nSPS) is 12.0. The summed E-state index contributed by atoms with van der Waals surface area (Å²) in [4.78, 5) is 17.2. The first kappa shape index (κ1) is 12.8.